The third-order valence-corrected chi connectivity index (χ3v) is 8.32. The van der Waals surface area contributed by atoms with Crippen molar-refractivity contribution >= 4 is 11.9 Å². The number of carbonyl (C=O) groups is 2. The first-order valence-corrected chi connectivity index (χ1v) is 15.5. The second-order valence-electron chi connectivity index (χ2n) is 13.2. The van der Waals surface area contributed by atoms with E-state index in [4.69, 9.17) is 37.9 Å². The largest absolute Gasteiger partial charge is 0.467 e. The number of aliphatic hydroxyl groups excluding tert-OH is 4. The molecule has 1 aliphatic carbocycles. The minimum atomic E-state index is -1.59. The summed E-state index contributed by atoms with van der Waals surface area (Å²) in [6.07, 6.45) is -13.0. The second kappa shape index (κ2) is 15.9. The van der Waals surface area contributed by atoms with Gasteiger partial charge >= 0.3 is 11.9 Å². The lowest BCUT2D eigenvalue weighted by molar-refractivity contribution is -0.316. The average molecular weight is 649 g/mol. The number of rotatable bonds is 14. The summed E-state index contributed by atoms with van der Waals surface area (Å²) in [5.41, 5.74) is 1.12. The Balaban J connectivity index is 1.65. The summed E-state index contributed by atoms with van der Waals surface area (Å²) in [4.78, 5) is 25.6. The van der Waals surface area contributed by atoms with E-state index in [9.17, 15) is 30.0 Å². The monoisotopic (exact) mass is 648 g/mol. The van der Waals surface area contributed by atoms with Crippen LogP contribution in [0.5, 0.6) is 0 Å². The van der Waals surface area contributed by atoms with Gasteiger partial charge in [0.1, 0.15) is 36.6 Å². The standard InChI is InChI=1S/C31H52O14/c1-14(2)12-17-18(31(17,7)8)13-41-28(37)25-23(19(32)22(35)30(45-25)43-16(5)6)39-10-11-40-29-21(34)20(33)24(42-15(3)4)26(44-29)27(36)38-9/h12,15-26,29-30,32-35H,10-11,13H2,1-9H3/t17?,18?,19-,20-,21+,22+,23+,24+,25?,26?,29-,30-/m1/s1. The van der Waals surface area contributed by atoms with Crippen molar-refractivity contribution in [2.24, 2.45) is 17.3 Å². The van der Waals surface area contributed by atoms with Crippen LogP contribution >= 0.6 is 0 Å². The fourth-order valence-corrected chi connectivity index (χ4v) is 5.74. The number of carbonyl (C=O) groups excluding carboxylic acids is 2. The predicted octanol–water partition coefficient (Wildman–Crippen LogP) is 0.455. The topological polar surface area (TPSA) is 189 Å². The average Bonchev–Trinajstić information content (AvgIpc) is 3.47. The molecular formula is C31H52O14. The summed E-state index contributed by atoms with van der Waals surface area (Å²) < 4.78 is 44.3. The quantitative estimate of drug-likeness (QED) is 0.115. The highest BCUT2D eigenvalue weighted by atomic mass is 16.7. The summed E-state index contributed by atoms with van der Waals surface area (Å²) in [7, 11) is 1.15. The zero-order valence-electron chi connectivity index (χ0n) is 27.7. The van der Waals surface area contributed by atoms with Gasteiger partial charge < -0.3 is 58.3 Å². The number of aliphatic hydroxyl groups is 4. The predicted molar refractivity (Wildman–Crippen MR) is 156 cm³/mol. The van der Waals surface area contributed by atoms with Crippen LogP contribution in [-0.2, 0) is 47.5 Å². The Bertz CT molecular complexity index is 1010. The molecule has 0 aromatic heterocycles. The Morgan fingerprint density at radius 2 is 1.31 bits per heavy atom. The molecule has 1 saturated carbocycles. The molecule has 3 aliphatic rings. The van der Waals surface area contributed by atoms with Gasteiger partial charge in [0.25, 0.3) is 0 Å². The molecule has 0 spiro atoms. The van der Waals surface area contributed by atoms with Crippen LogP contribution in [0.2, 0.25) is 0 Å². The lowest BCUT2D eigenvalue weighted by Crippen LogP contribution is -2.62. The van der Waals surface area contributed by atoms with Crippen LogP contribution in [0.4, 0.5) is 0 Å². The number of hydrogen-bond donors (Lipinski definition) is 4. The van der Waals surface area contributed by atoms with Gasteiger partial charge in [0.05, 0.1) is 39.1 Å². The van der Waals surface area contributed by atoms with E-state index in [1.165, 1.54) is 5.57 Å². The highest BCUT2D eigenvalue weighted by Gasteiger charge is 2.57. The third kappa shape index (κ3) is 9.21. The van der Waals surface area contributed by atoms with Gasteiger partial charge in [-0.1, -0.05) is 25.5 Å². The van der Waals surface area contributed by atoms with Crippen LogP contribution in [0.25, 0.3) is 0 Å². The van der Waals surface area contributed by atoms with Crippen LogP contribution in [0, 0.1) is 17.3 Å². The number of hydrogen-bond acceptors (Lipinski definition) is 14. The van der Waals surface area contributed by atoms with Crippen LogP contribution in [0.15, 0.2) is 11.6 Å². The van der Waals surface area contributed by atoms with Crippen molar-refractivity contribution in [2.45, 2.75) is 129 Å². The maximum Gasteiger partial charge on any atom is 0.338 e. The second-order valence-corrected chi connectivity index (χ2v) is 13.2. The summed E-state index contributed by atoms with van der Waals surface area (Å²) in [6, 6.07) is 0. The van der Waals surface area contributed by atoms with E-state index < -0.39 is 79.5 Å². The van der Waals surface area contributed by atoms with Gasteiger partial charge in [-0.05, 0) is 52.9 Å². The molecule has 0 aromatic carbocycles. The minimum Gasteiger partial charge on any atom is -0.467 e. The zero-order chi connectivity index (χ0) is 33.8. The fraction of sp³-hybridized carbons (Fsp3) is 0.871. The van der Waals surface area contributed by atoms with Gasteiger partial charge in [-0.25, -0.2) is 9.59 Å². The molecule has 4 N–H and O–H groups in total. The molecule has 2 aliphatic heterocycles. The van der Waals surface area contributed by atoms with Crippen molar-refractivity contribution < 1.29 is 67.9 Å². The molecular weight excluding hydrogens is 596 g/mol. The smallest absolute Gasteiger partial charge is 0.338 e. The normalized spacial score (nSPS) is 37.8. The summed E-state index contributed by atoms with van der Waals surface area (Å²) >= 11 is 0. The molecule has 12 atom stereocenters. The molecule has 2 saturated heterocycles. The first-order valence-electron chi connectivity index (χ1n) is 15.5. The maximum atomic E-state index is 13.3. The third-order valence-electron chi connectivity index (χ3n) is 8.32. The molecule has 2 heterocycles. The minimum absolute atomic E-state index is 0.0512. The first kappa shape index (κ1) is 37.7. The van der Waals surface area contributed by atoms with Gasteiger partial charge in [-0.2, -0.15) is 0 Å². The Morgan fingerprint density at radius 3 is 1.89 bits per heavy atom. The molecule has 14 nitrogen and oxygen atoms in total. The summed E-state index contributed by atoms with van der Waals surface area (Å²) in [6.45, 7) is 14.6. The summed E-state index contributed by atoms with van der Waals surface area (Å²) in [5.74, 6) is -1.26. The van der Waals surface area contributed by atoms with Crippen LogP contribution in [0.1, 0.15) is 55.4 Å². The molecule has 0 aromatic rings. The van der Waals surface area contributed by atoms with E-state index >= 15 is 0 Å². The van der Waals surface area contributed by atoms with Crippen LogP contribution in [-0.4, -0.2) is 133 Å². The lowest BCUT2D eigenvalue weighted by Gasteiger charge is -2.42. The highest BCUT2D eigenvalue weighted by molar-refractivity contribution is 5.76. The molecule has 0 radical (unpaired) electrons. The van der Waals surface area contributed by atoms with E-state index in [0.29, 0.717) is 0 Å². The van der Waals surface area contributed by atoms with Crippen molar-refractivity contribution in [3.8, 4) is 0 Å². The Hall–Kier alpha value is -1.72. The number of methoxy groups -OCH3 is 1. The maximum absolute atomic E-state index is 13.3. The number of ether oxygens (including phenoxy) is 8. The van der Waals surface area contributed by atoms with Gasteiger partial charge in [-0.3, -0.25) is 0 Å². The molecule has 3 rings (SSSR count). The highest BCUT2D eigenvalue weighted by Crippen LogP contribution is 2.59. The van der Waals surface area contributed by atoms with Crippen molar-refractivity contribution in [1.82, 2.24) is 0 Å². The van der Waals surface area contributed by atoms with Gasteiger partial charge in [0, 0.05) is 5.92 Å². The molecule has 260 valence electrons. The molecule has 0 bridgehead atoms. The number of allylic oxidation sites excluding steroid dienone is 2. The molecule has 14 heteroatoms. The van der Waals surface area contributed by atoms with Crippen molar-refractivity contribution in [2.75, 3.05) is 26.9 Å². The van der Waals surface area contributed by atoms with E-state index in [-0.39, 0.29) is 43.2 Å². The van der Waals surface area contributed by atoms with E-state index in [1.54, 1.807) is 27.7 Å². The van der Waals surface area contributed by atoms with Crippen molar-refractivity contribution in [3.63, 3.8) is 0 Å². The molecule has 3 fully saturated rings. The zero-order valence-corrected chi connectivity index (χ0v) is 27.7. The lowest BCUT2D eigenvalue weighted by atomic mass is 9.98. The molecule has 4 unspecified atom stereocenters. The van der Waals surface area contributed by atoms with E-state index in [0.717, 1.165) is 7.11 Å². The van der Waals surface area contributed by atoms with Crippen LogP contribution in [0.3, 0.4) is 0 Å². The summed E-state index contributed by atoms with van der Waals surface area (Å²) in [5, 5.41) is 42.9. The first-order chi connectivity index (χ1) is 21.0. The Morgan fingerprint density at radius 1 is 0.778 bits per heavy atom. The Labute approximate surface area is 264 Å². The van der Waals surface area contributed by atoms with E-state index in [2.05, 4.69) is 19.9 Å². The van der Waals surface area contributed by atoms with Gasteiger partial charge in [0.2, 0.25) is 0 Å². The van der Waals surface area contributed by atoms with E-state index in [1.807, 2.05) is 13.8 Å². The molecule has 45 heavy (non-hydrogen) atoms. The molecule has 0 amide bonds. The SMILES string of the molecule is COC(=O)C1O[C@@H](OCCO[C@@H]2C(C(=O)OCC3C(C=C(C)C)C3(C)C)O[C@@H](OC(C)C)[C@@H](O)[C@H]2O)[C@@H](O)[C@@H](O)[C@@H]1OC(C)C. The van der Waals surface area contributed by atoms with Crippen molar-refractivity contribution in [1.29, 1.82) is 0 Å². The van der Waals surface area contributed by atoms with Gasteiger partial charge in [0.15, 0.2) is 24.8 Å². The van der Waals surface area contributed by atoms with Crippen molar-refractivity contribution in [3.05, 3.63) is 11.6 Å². The van der Waals surface area contributed by atoms with Crippen LogP contribution < -0.4 is 0 Å². The fourth-order valence-electron chi connectivity index (χ4n) is 5.74. The van der Waals surface area contributed by atoms with Gasteiger partial charge in [-0.15, -0.1) is 0 Å². The number of esters is 2. The Kier molecular flexibility index (Phi) is 13.3.